The molecule has 0 aliphatic carbocycles. The first-order valence-corrected chi connectivity index (χ1v) is 10.3. The van der Waals surface area contributed by atoms with Gasteiger partial charge in [0.1, 0.15) is 12.4 Å². The molecule has 0 unspecified atom stereocenters. The molecule has 0 spiro atoms. The number of fused-ring (bicyclic) bond motifs is 1. The number of hydrogen-bond acceptors (Lipinski definition) is 3. The topological polar surface area (TPSA) is 33.6 Å². The van der Waals surface area contributed by atoms with Crippen molar-refractivity contribution in [3.8, 4) is 5.75 Å². The van der Waals surface area contributed by atoms with Gasteiger partial charge in [0.25, 0.3) is 0 Å². The van der Waals surface area contributed by atoms with Crippen LogP contribution in [0.2, 0.25) is 10.0 Å². The lowest BCUT2D eigenvalue weighted by Gasteiger charge is -2.12. The van der Waals surface area contributed by atoms with E-state index in [0.29, 0.717) is 18.2 Å². The van der Waals surface area contributed by atoms with Crippen LogP contribution in [0.15, 0.2) is 90.0 Å². The van der Waals surface area contributed by atoms with E-state index in [2.05, 4.69) is 28.7 Å². The van der Waals surface area contributed by atoms with E-state index in [1.54, 1.807) is 6.21 Å². The molecule has 0 radical (unpaired) electrons. The second kappa shape index (κ2) is 9.66. The number of hydrogen-bond donors (Lipinski definition) is 1. The van der Waals surface area contributed by atoms with Gasteiger partial charge in [0.05, 0.1) is 12.8 Å². The lowest BCUT2D eigenvalue weighted by Crippen LogP contribution is -2.06. The zero-order chi connectivity index (χ0) is 20.8. The Labute approximate surface area is 185 Å². The minimum atomic E-state index is 0.386. The monoisotopic (exact) mass is 434 g/mol. The van der Waals surface area contributed by atoms with Crippen LogP contribution in [0.1, 0.15) is 16.7 Å². The van der Waals surface area contributed by atoms with Crippen molar-refractivity contribution in [2.24, 2.45) is 5.10 Å². The van der Waals surface area contributed by atoms with Gasteiger partial charge in [-0.1, -0.05) is 83.9 Å². The third-order valence-electron chi connectivity index (χ3n) is 4.75. The SMILES string of the molecule is Clc1ccc(CN/N=C\c2c(OCc3ccccc3Cl)ccc3ccccc23)cc1. The zero-order valence-electron chi connectivity index (χ0n) is 16.2. The van der Waals surface area contributed by atoms with Crippen molar-refractivity contribution in [2.75, 3.05) is 0 Å². The molecule has 4 rings (SSSR count). The van der Waals surface area contributed by atoms with Crippen LogP contribution in [0.5, 0.6) is 5.75 Å². The molecule has 0 fully saturated rings. The molecule has 0 bridgehead atoms. The summed E-state index contributed by atoms with van der Waals surface area (Å²) in [7, 11) is 0. The summed E-state index contributed by atoms with van der Waals surface area (Å²) in [5.41, 5.74) is 6.06. The molecule has 3 nitrogen and oxygen atoms in total. The van der Waals surface area contributed by atoms with E-state index in [0.717, 1.165) is 38.2 Å². The minimum Gasteiger partial charge on any atom is -0.488 e. The molecular formula is C25H20Cl2N2O. The number of halogens is 2. The Hall–Kier alpha value is -3.01. The number of ether oxygens (including phenoxy) is 1. The van der Waals surface area contributed by atoms with Gasteiger partial charge < -0.3 is 10.2 Å². The first-order chi connectivity index (χ1) is 14.7. The molecule has 30 heavy (non-hydrogen) atoms. The average Bonchev–Trinajstić information content (AvgIpc) is 2.78. The maximum absolute atomic E-state index is 6.27. The van der Waals surface area contributed by atoms with Crippen molar-refractivity contribution >= 4 is 40.2 Å². The van der Waals surface area contributed by atoms with Crippen molar-refractivity contribution in [1.82, 2.24) is 5.43 Å². The van der Waals surface area contributed by atoms with Gasteiger partial charge >= 0.3 is 0 Å². The summed E-state index contributed by atoms with van der Waals surface area (Å²) < 4.78 is 6.12. The molecule has 150 valence electrons. The van der Waals surface area contributed by atoms with Gasteiger partial charge in [-0.2, -0.15) is 5.10 Å². The third-order valence-corrected chi connectivity index (χ3v) is 5.37. The van der Waals surface area contributed by atoms with Gasteiger partial charge in [-0.05, 0) is 40.6 Å². The second-order valence-electron chi connectivity index (χ2n) is 6.80. The fourth-order valence-corrected chi connectivity index (χ4v) is 3.47. The highest BCUT2D eigenvalue weighted by molar-refractivity contribution is 6.31. The van der Waals surface area contributed by atoms with Gasteiger partial charge in [-0.3, -0.25) is 0 Å². The number of nitrogens with zero attached hydrogens (tertiary/aromatic N) is 1. The lowest BCUT2D eigenvalue weighted by molar-refractivity contribution is 0.306. The molecule has 0 saturated carbocycles. The first-order valence-electron chi connectivity index (χ1n) is 9.59. The van der Waals surface area contributed by atoms with Gasteiger partial charge in [-0.25, -0.2) is 0 Å². The fraction of sp³-hybridized carbons (Fsp3) is 0.0800. The molecule has 0 saturated heterocycles. The van der Waals surface area contributed by atoms with Crippen LogP contribution in [0.4, 0.5) is 0 Å². The quantitative estimate of drug-likeness (QED) is 0.254. The van der Waals surface area contributed by atoms with E-state index >= 15 is 0 Å². The normalized spacial score (nSPS) is 11.1. The van der Waals surface area contributed by atoms with E-state index in [-0.39, 0.29) is 0 Å². The Kier molecular flexibility index (Phi) is 6.53. The van der Waals surface area contributed by atoms with Crippen LogP contribution < -0.4 is 10.2 Å². The zero-order valence-corrected chi connectivity index (χ0v) is 17.7. The van der Waals surface area contributed by atoms with Crippen LogP contribution in [0, 0.1) is 0 Å². The number of benzene rings is 4. The third kappa shape index (κ3) is 4.93. The van der Waals surface area contributed by atoms with Crippen molar-refractivity contribution in [2.45, 2.75) is 13.2 Å². The molecule has 0 aliphatic heterocycles. The summed E-state index contributed by atoms with van der Waals surface area (Å²) >= 11 is 12.2. The molecule has 0 amide bonds. The van der Waals surface area contributed by atoms with Crippen LogP contribution in [0.25, 0.3) is 10.8 Å². The Bertz CT molecular complexity index is 1170. The molecule has 0 aromatic heterocycles. The highest BCUT2D eigenvalue weighted by atomic mass is 35.5. The van der Waals surface area contributed by atoms with Crippen molar-refractivity contribution in [3.05, 3.63) is 112 Å². The van der Waals surface area contributed by atoms with Gasteiger partial charge in [-0.15, -0.1) is 0 Å². The predicted octanol–water partition coefficient (Wildman–Crippen LogP) is 6.85. The maximum atomic E-state index is 6.27. The fourth-order valence-electron chi connectivity index (χ4n) is 3.15. The van der Waals surface area contributed by atoms with Crippen molar-refractivity contribution in [1.29, 1.82) is 0 Å². The lowest BCUT2D eigenvalue weighted by atomic mass is 10.0. The molecule has 4 aromatic rings. The van der Waals surface area contributed by atoms with Crippen LogP contribution in [0.3, 0.4) is 0 Å². The number of hydrazone groups is 1. The molecule has 0 aliphatic rings. The van der Waals surface area contributed by atoms with Gasteiger partial charge in [0.2, 0.25) is 0 Å². The summed E-state index contributed by atoms with van der Waals surface area (Å²) in [6, 6.07) is 27.6. The first kappa shape index (κ1) is 20.3. The van der Waals surface area contributed by atoms with Gasteiger partial charge in [0, 0.05) is 21.2 Å². The standard InChI is InChI=1S/C25H20Cl2N2O/c26-21-12-9-18(10-13-21)15-28-29-16-23-22-7-3-1-5-19(22)11-14-25(23)30-17-20-6-2-4-8-24(20)27/h1-14,16,28H,15,17H2/b29-16-. The molecule has 5 heteroatoms. The highest BCUT2D eigenvalue weighted by Crippen LogP contribution is 2.28. The number of nitrogens with one attached hydrogen (secondary N) is 1. The maximum Gasteiger partial charge on any atom is 0.129 e. The van der Waals surface area contributed by atoms with Crippen molar-refractivity contribution in [3.63, 3.8) is 0 Å². The second-order valence-corrected chi connectivity index (χ2v) is 7.64. The summed E-state index contributed by atoms with van der Waals surface area (Å²) in [6.07, 6.45) is 1.81. The largest absolute Gasteiger partial charge is 0.488 e. The Balaban J connectivity index is 1.55. The Morgan fingerprint density at radius 3 is 2.43 bits per heavy atom. The Morgan fingerprint density at radius 1 is 0.833 bits per heavy atom. The van der Waals surface area contributed by atoms with E-state index in [9.17, 15) is 0 Å². The predicted molar refractivity (Wildman–Crippen MR) is 126 cm³/mol. The Morgan fingerprint density at radius 2 is 1.60 bits per heavy atom. The summed E-state index contributed by atoms with van der Waals surface area (Å²) in [4.78, 5) is 0. The molecule has 4 aromatic carbocycles. The van der Waals surface area contributed by atoms with Crippen LogP contribution >= 0.6 is 23.2 Å². The summed E-state index contributed by atoms with van der Waals surface area (Å²) in [5.74, 6) is 0.755. The summed E-state index contributed by atoms with van der Waals surface area (Å²) in [5, 5.41) is 8.04. The smallest absolute Gasteiger partial charge is 0.129 e. The van der Waals surface area contributed by atoms with Crippen molar-refractivity contribution < 1.29 is 4.74 Å². The number of rotatable bonds is 7. The molecule has 0 heterocycles. The van der Waals surface area contributed by atoms with E-state index in [1.165, 1.54) is 0 Å². The minimum absolute atomic E-state index is 0.386. The molecule has 0 atom stereocenters. The highest BCUT2D eigenvalue weighted by Gasteiger charge is 2.08. The van der Waals surface area contributed by atoms with E-state index < -0.39 is 0 Å². The van der Waals surface area contributed by atoms with Gasteiger partial charge in [0.15, 0.2) is 0 Å². The molecular weight excluding hydrogens is 415 g/mol. The molecule has 1 N–H and O–H groups in total. The van der Waals surface area contributed by atoms with Crippen LogP contribution in [-0.4, -0.2) is 6.21 Å². The van der Waals surface area contributed by atoms with E-state index in [1.807, 2.05) is 66.7 Å². The average molecular weight is 435 g/mol. The summed E-state index contributed by atoms with van der Waals surface area (Å²) in [6.45, 7) is 0.991. The van der Waals surface area contributed by atoms with Crippen LogP contribution in [-0.2, 0) is 13.2 Å². The van der Waals surface area contributed by atoms with E-state index in [4.69, 9.17) is 27.9 Å².